The molecule has 0 atom stereocenters. The van der Waals surface area contributed by atoms with Crippen LogP contribution in [-0.4, -0.2) is 43.7 Å². The average Bonchev–Trinajstić information content (AvgIpc) is 3.14. The van der Waals surface area contributed by atoms with Gasteiger partial charge in [0.25, 0.3) is 5.91 Å². The number of nitrogens with one attached hydrogen (secondary N) is 1. The Morgan fingerprint density at radius 2 is 1.71 bits per heavy atom. The largest absolute Gasteiger partial charge is 0.371 e. The zero-order valence-corrected chi connectivity index (χ0v) is 14.2. The first-order valence-corrected chi connectivity index (χ1v) is 8.52. The summed E-state index contributed by atoms with van der Waals surface area (Å²) in [6, 6.07) is 8.29. The van der Waals surface area contributed by atoms with Crippen molar-refractivity contribution >= 4 is 17.3 Å². The van der Waals surface area contributed by atoms with Crippen LogP contribution in [0.1, 0.15) is 32.3 Å². The third-order valence-electron chi connectivity index (χ3n) is 5.27. The quantitative estimate of drug-likeness (QED) is 0.900. The second kappa shape index (κ2) is 5.57. The summed E-state index contributed by atoms with van der Waals surface area (Å²) in [6.45, 7) is 7.05. The van der Waals surface area contributed by atoms with Gasteiger partial charge in [-0.05, 0) is 31.5 Å². The predicted octanol–water partition coefficient (Wildman–Crippen LogP) is 1.89. The van der Waals surface area contributed by atoms with E-state index in [1.807, 2.05) is 26.0 Å². The molecule has 0 radical (unpaired) electrons. The zero-order chi connectivity index (χ0) is 16.8. The molecule has 3 aliphatic rings. The van der Waals surface area contributed by atoms with Crippen molar-refractivity contribution < 1.29 is 14.3 Å². The van der Waals surface area contributed by atoms with Crippen molar-refractivity contribution in [3.05, 3.63) is 29.8 Å². The predicted molar refractivity (Wildman–Crippen MR) is 91.0 cm³/mol. The average molecular weight is 329 g/mol. The van der Waals surface area contributed by atoms with E-state index in [4.69, 9.17) is 9.47 Å². The lowest BCUT2D eigenvalue weighted by Crippen LogP contribution is -2.45. The molecule has 0 aromatic heterocycles. The lowest BCUT2D eigenvalue weighted by Gasteiger charge is -2.38. The number of carbonyl (C=O) groups excluding carboxylic acids is 1. The van der Waals surface area contributed by atoms with Crippen LogP contribution in [0.25, 0.3) is 0 Å². The Balaban J connectivity index is 1.46. The fourth-order valence-corrected chi connectivity index (χ4v) is 3.64. The highest BCUT2D eigenvalue weighted by Crippen LogP contribution is 2.34. The third kappa shape index (κ3) is 2.50. The van der Waals surface area contributed by atoms with Crippen LogP contribution >= 0.6 is 0 Å². The summed E-state index contributed by atoms with van der Waals surface area (Å²) >= 11 is 0. The summed E-state index contributed by atoms with van der Waals surface area (Å²) in [4.78, 5) is 14.2. The standard InChI is InChI=1S/C18H23N3O3/c1-17(2)15(19-20-16(17)22)13-3-5-14(6-4-13)21-9-7-18(8-10-21)23-11-12-24-18/h3-6H,7-12H2,1-2H3,(H,20,22). The van der Waals surface area contributed by atoms with Crippen LogP contribution in [0, 0.1) is 5.41 Å². The highest BCUT2D eigenvalue weighted by Gasteiger charge is 2.40. The van der Waals surface area contributed by atoms with Crippen LogP contribution in [0.2, 0.25) is 0 Å². The first-order chi connectivity index (χ1) is 11.5. The second-order valence-electron chi connectivity index (χ2n) is 7.17. The number of piperidine rings is 1. The molecule has 128 valence electrons. The van der Waals surface area contributed by atoms with E-state index in [1.54, 1.807) is 0 Å². The highest BCUT2D eigenvalue weighted by molar-refractivity contribution is 6.19. The summed E-state index contributed by atoms with van der Waals surface area (Å²) in [5.41, 5.74) is 4.95. The van der Waals surface area contributed by atoms with Gasteiger partial charge in [-0.15, -0.1) is 0 Å². The number of ether oxygens (including phenoxy) is 2. The number of hydrogen-bond acceptors (Lipinski definition) is 5. The summed E-state index contributed by atoms with van der Waals surface area (Å²) in [7, 11) is 0. The molecule has 0 bridgehead atoms. The fraction of sp³-hybridized carbons (Fsp3) is 0.556. The molecule has 2 saturated heterocycles. The van der Waals surface area contributed by atoms with Crippen molar-refractivity contribution in [3.63, 3.8) is 0 Å². The molecule has 3 aliphatic heterocycles. The van der Waals surface area contributed by atoms with Crippen molar-refractivity contribution in [2.75, 3.05) is 31.2 Å². The molecule has 0 aliphatic carbocycles. The molecule has 1 spiro atoms. The van der Waals surface area contributed by atoms with Crippen molar-refractivity contribution in [1.82, 2.24) is 5.43 Å². The molecule has 1 amide bonds. The summed E-state index contributed by atoms with van der Waals surface area (Å²) in [6.07, 6.45) is 1.79. The van der Waals surface area contributed by atoms with Gasteiger partial charge in [-0.2, -0.15) is 5.10 Å². The lowest BCUT2D eigenvalue weighted by molar-refractivity contribution is -0.169. The fourth-order valence-electron chi connectivity index (χ4n) is 3.64. The first kappa shape index (κ1) is 15.6. The number of nitrogens with zero attached hydrogens (tertiary/aromatic N) is 2. The first-order valence-electron chi connectivity index (χ1n) is 8.52. The number of hydrazone groups is 1. The van der Waals surface area contributed by atoms with Crippen LogP contribution in [0.15, 0.2) is 29.4 Å². The second-order valence-corrected chi connectivity index (χ2v) is 7.17. The van der Waals surface area contributed by atoms with Crippen molar-refractivity contribution in [2.45, 2.75) is 32.5 Å². The maximum absolute atomic E-state index is 11.9. The molecule has 6 nitrogen and oxygen atoms in total. The Labute approximate surface area is 141 Å². The van der Waals surface area contributed by atoms with Gasteiger partial charge in [0, 0.05) is 31.6 Å². The normalized spacial score (nSPS) is 25.0. The molecule has 24 heavy (non-hydrogen) atoms. The highest BCUT2D eigenvalue weighted by atomic mass is 16.7. The number of carbonyl (C=O) groups is 1. The van der Waals surface area contributed by atoms with Crippen molar-refractivity contribution in [3.8, 4) is 0 Å². The molecule has 1 N–H and O–H groups in total. The Kier molecular flexibility index (Phi) is 3.62. The Bertz CT molecular complexity index is 665. The minimum absolute atomic E-state index is 0.0560. The topological polar surface area (TPSA) is 63.2 Å². The molecule has 3 heterocycles. The van der Waals surface area contributed by atoms with Crippen LogP contribution < -0.4 is 10.3 Å². The minimum Gasteiger partial charge on any atom is -0.371 e. The minimum atomic E-state index is -0.587. The van der Waals surface area contributed by atoms with Gasteiger partial charge in [0.05, 0.1) is 24.3 Å². The Hall–Kier alpha value is -1.92. The third-order valence-corrected chi connectivity index (χ3v) is 5.27. The van der Waals surface area contributed by atoms with E-state index >= 15 is 0 Å². The summed E-state index contributed by atoms with van der Waals surface area (Å²) in [5.74, 6) is -0.398. The summed E-state index contributed by atoms with van der Waals surface area (Å²) in [5, 5.41) is 4.20. The van der Waals surface area contributed by atoms with E-state index in [1.165, 1.54) is 5.69 Å². The van der Waals surface area contributed by atoms with Gasteiger partial charge in [-0.3, -0.25) is 4.79 Å². The van der Waals surface area contributed by atoms with E-state index in [0.29, 0.717) is 13.2 Å². The smallest absolute Gasteiger partial charge is 0.251 e. The van der Waals surface area contributed by atoms with Gasteiger partial charge in [0.1, 0.15) is 0 Å². The molecule has 0 saturated carbocycles. The van der Waals surface area contributed by atoms with E-state index in [-0.39, 0.29) is 11.7 Å². The van der Waals surface area contributed by atoms with Crippen LogP contribution in [0.5, 0.6) is 0 Å². The molecule has 1 aromatic carbocycles. The van der Waals surface area contributed by atoms with Crippen LogP contribution in [0.3, 0.4) is 0 Å². The number of rotatable bonds is 2. The molecule has 1 aromatic rings. The molecular weight excluding hydrogens is 306 g/mol. The van der Waals surface area contributed by atoms with Gasteiger partial charge in [-0.25, -0.2) is 5.43 Å². The molecule has 2 fully saturated rings. The van der Waals surface area contributed by atoms with Gasteiger partial charge in [0.15, 0.2) is 5.79 Å². The number of benzene rings is 1. The van der Waals surface area contributed by atoms with Crippen LogP contribution in [0.4, 0.5) is 5.69 Å². The Morgan fingerprint density at radius 1 is 1.08 bits per heavy atom. The Morgan fingerprint density at radius 3 is 2.25 bits per heavy atom. The van der Waals surface area contributed by atoms with Gasteiger partial charge >= 0.3 is 0 Å². The maximum Gasteiger partial charge on any atom is 0.251 e. The van der Waals surface area contributed by atoms with E-state index in [9.17, 15) is 4.79 Å². The number of anilines is 1. The molecule has 4 rings (SSSR count). The molecule has 0 unspecified atom stereocenters. The maximum atomic E-state index is 11.9. The zero-order valence-electron chi connectivity index (χ0n) is 14.2. The van der Waals surface area contributed by atoms with Crippen LogP contribution in [-0.2, 0) is 14.3 Å². The SMILES string of the molecule is CC1(C)C(=O)NN=C1c1ccc(N2CCC3(CC2)OCCO3)cc1. The number of amides is 1. The van der Waals surface area contributed by atoms with Crippen molar-refractivity contribution in [2.24, 2.45) is 10.5 Å². The summed E-state index contributed by atoms with van der Waals surface area (Å²) < 4.78 is 11.6. The monoisotopic (exact) mass is 329 g/mol. The van der Waals surface area contributed by atoms with Gasteiger partial charge in [-0.1, -0.05) is 12.1 Å². The lowest BCUT2D eigenvalue weighted by atomic mass is 9.84. The van der Waals surface area contributed by atoms with E-state index in [0.717, 1.165) is 37.2 Å². The molecular formula is C18H23N3O3. The van der Waals surface area contributed by atoms with Gasteiger partial charge < -0.3 is 14.4 Å². The van der Waals surface area contributed by atoms with E-state index in [2.05, 4.69) is 27.6 Å². The number of hydrogen-bond donors (Lipinski definition) is 1. The van der Waals surface area contributed by atoms with Gasteiger partial charge in [0.2, 0.25) is 0 Å². The molecule has 6 heteroatoms. The van der Waals surface area contributed by atoms with E-state index < -0.39 is 5.41 Å². The van der Waals surface area contributed by atoms with Crippen molar-refractivity contribution in [1.29, 1.82) is 0 Å².